The number of Topliss-reactive ketones (excluding diaryl/α,β-unsaturated/α-hetero) is 1. The highest BCUT2D eigenvalue weighted by Crippen LogP contribution is 2.37. The second kappa shape index (κ2) is 5.13. The van der Waals surface area contributed by atoms with Gasteiger partial charge in [0.25, 0.3) is 0 Å². The Morgan fingerprint density at radius 3 is 2.71 bits per heavy atom. The molecule has 0 aliphatic heterocycles. The van der Waals surface area contributed by atoms with Gasteiger partial charge in [-0.05, 0) is 42.5 Å². The first-order chi connectivity index (χ1) is 9.87. The molecule has 0 spiro atoms. The lowest BCUT2D eigenvalue weighted by atomic mass is 9.76. The van der Waals surface area contributed by atoms with E-state index in [-0.39, 0.29) is 17.2 Å². The second-order valence-corrected chi connectivity index (χ2v) is 7.67. The monoisotopic (exact) mass is 345 g/mol. The van der Waals surface area contributed by atoms with Crippen LogP contribution in [0.1, 0.15) is 54.8 Å². The summed E-state index contributed by atoms with van der Waals surface area (Å²) >= 11 is 3.53. The molecule has 110 valence electrons. The van der Waals surface area contributed by atoms with Gasteiger partial charge in [0.2, 0.25) is 0 Å². The predicted molar refractivity (Wildman–Crippen MR) is 88.8 cm³/mol. The Bertz CT molecular complexity index is 699. The van der Waals surface area contributed by atoms with Gasteiger partial charge >= 0.3 is 0 Å². The van der Waals surface area contributed by atoms with E-state index in [1.165, 1.54) is 11.3 Å². The van der Waals surface area contributed by atoms with Crippen LogP contribution in [0.2, 0.25) is 0 Å². The Morgan fingerprint density at radius 2 is 2.00 bits per heavy atom. The van der Waals surface area contributed by atoms with Crippen LogP contribution >= 0.6 is 15.9 Å². The van der Waals surface area contributed by atoms with Gasteiger partial charge in [0.15, 0.2) is 5.78 Å². The predicted octanol–water partition coefficient (Wildman–Crippen LogP) is 5.02. The van der Waals surface area contributed by atoms with Crippen LogP contribution < -0.4 is 0 Å². The topological polar surface area (TPSA) is 22.0 Å². The molecule has 0 bridgehead atoms. The minimum Gasteiger partial charge on any atom is -0.344 e. The van der Waals surface area contributed by atoms with E-state index in [9.17, 15) is 4.79 Å². The molecule has 1 heterocycles. The maximum absolute atomic E-state index is 12.3. The number of hydrogen-bond donors (Lipinski definition) is 0. The lowest BCUT2D eigenvalue weighted by molar-refractivity contribution is 0.0909. The van der Waals surface area contributed by atoms with Gasteiger partial charge in [-0.25, -0.2) is 0 Å². The van der Waals surface area contributed by atoms with Crippen LogP contribution in [0.5, 0.6) is 0 Å². The van der Waals surface area contributed by atoms with E-state index >= 15 is 0 Å². The number of halogens is 1. The molecule has 1 aromatic carbocycles. The summed E-state index contributed by atoms with van der Waals surface area (Å²) in [6, 6.07) is 10.6. The zero-order valence-electron chi connectivity index (χ0n) is 12.7. The summed E-state index contributed by atoms with van der Waals surface area (Å²) in [6.07, 6.45) is 3.67. The Kier molecular flexibility index (Phi) is 3.56. The molecule has 2 aromatic rings. The summed E-state index contributed by atoms with van der Waals surface area (Å²) in [5, 5.41) is 0. The summed E-state index contributed by atoms with van der Waals surface area (Å²) in [7, 11) is 0. The minimum absolute atomic E-state index is 0.0528. The minimum atomic E-state index is 0.0528. The lowest BCUT2D eigenvalue weighted by Crippen LogP contribution is -2.28. The molecule has 0 radical (unpaired) electrons. The highest BCUT2D eigenvalue weighted by Gasteiger charge is 2.33. The average Bonchev–Trinajstić information content (AvgIpc) is 2.80. The summed E-state index contributed by atoms with van der Waals surface area (Å²) in [5.74, 6) is 0.279. The molecule has 0 amide bonds. The molecule has 3 heteroatoms. The molecule has 1 atom stereocenters. The van der Waals surface area contributed by atoms with E-state index in [0.29, 0.717) is 6.42 Å². The van der Waals surface area contributed by atoms with E-state index in [0.717, 1.165) is 16.5 Å². The van der Waals surface area contributed by atoms with Crippen molar-refractivity contribution in [2.75, 3.05) is 0 Å². The Morgan fingerprint density at radius 1 is 1.24 bits per heavy atom. The maximum atomic E-state index is 12.3. The fraction of sp³-hybridized carbons (Fsp3) is 0.389. The fourth-order valence-electron chi connectivity index (χ4n) is 3.26. The van der Waals surface area contributed by atoms with Gasteiger partial charge < -0.3 is 4.57 Å². The van der Waals surface area contributed by atoms with Crippen LogP contribution in [0, 0.1) is 5.41 Å². The molecular weight excluding hydrogens is 326 g/mol. The molecule has 3 rings (SSSR count). The van der Waals surface area contributed by atoms with E-state index < -0.39 is 0 Å². The standard InChI is InChI=1S/C18H20BrNO/c1-12(13-5-4-6-14(19)9-13)20-8-7-15-16(20)10-18(2,3)11-17(15)21/h4-9,12H,10-11H2,1-3H3. The SMILES string of the molecule is CC(c1cccc(Br)c1)n1ccc2c1CC(C)(C)CC2=O. The maximum Gasteiger partial charge on any atom is 0.165 e. The smallest absolute Gasteiger partial charge is 0.165 e. The zero-order valence-corrected chi connectivity index (χ0v) is 14.3. The van der Waals surface area contributed by atoms with Crippen molar-refractivity contribution in [3.63, 3.8) is 0 Å². The molecule has 1 aliphatic rings. The molecule has 0 N–H and O–H groups in total. The van der Waals surface area contributed by atoms with Crippen LogP contribution in [0.4, 0.5) is 0 Å². The highest BCUT2D eigenvalue weighted by atomic mass is 79.9. The molecular formula is C18H20BrNO. The highest BCUT2D eigenvalue weighted by molar-refractivity contribution is 9.10. The number of benzene rings is 1. The number of ketones is 1. The summed E-state index contributed by atoms with van der Waals surface area (Å²) < 4.78 is 3.35. The summed E-state index contributed by atoms with van der Waals surface area (Å²) in [5.41, 5.74) is 3.40. The number of rotatable bonds is 2. The molecule has 21 heavy (non-hydrogen) atoms. The molecule has 0 saturated heterocycles. The molecule has 1 aromatic heterocycles. The number of carbonyl (C=O) groups is 1. The molecule has 1 aliphatic carbocycles. The Hall–Kier alpha value is -1.35. The van der Waals surface area contributed by atoms with Crippen LogP contribution in [0.25, 0.3) is 0 Å². The largest absolute Gasteiger partial charge is 0.344 e. The van der Waals surface area contributed by atoms with Crippen LogP contribution in [0.15, 0.2) is 41.0 Å². The van der Waals surface area contributed by atoms with Gasteiger partial charge in [0, 0.05) is 28.3 Å². The van der Waals surface area contributed by atoms with Crippen LogP contribution in [-0.4, -0.2) is 10.4 Å². The van der Waals surface area contributed by atoms with Crippen molar-refractivity contribution in [2.24, 2.45) is 5.41 Å². The quantitative estimate of drug-likeness (QED) is 0.749. The molecule has 0 saturated carbocycles. The fourth-order valence-corrected chi connectivity index (χ4v) is 3.67. The van der Waals surface area contributed by atoms with Crippen molar-refractivity contribution in [3.8, 4) is 0 Å². The summed E-state index contributed by atoms with van der Waals surface area (Å²) in [4.78, 5) is 12.3. The van der Waals surface area contributed by atoms with E-state index in [1.54, 1.807) is 0 Å². The first-order valence-electron chi connectivity index (χ1n) is 7.36. The number of nitrogens with zero attached hydrogens (tertiary/aromatic N) is 1. The third-order valence-corrected chi connectivity index (χ3v) is 4.85. The van der Waals surface area contributed by atoms with Gasteiger partial charge in [-0.1, -0.05) is 41.9 Å². The summed E-state index contributed by atoms with van der Waals surface area (Å²) in [6.45, 7) is 6.54. The van der Waals surface area contributed by atoms with Gasteiger partial charge in [-0.15, -0.1) is 0 Å². The van der Waals surface area contributed by atoms with Crippen LogP contribution in [0.3, 0.4) is 0 Å². The van der Waals surface area contributed by atoms with E-state index in [1.807, 2.05) is 12.1 Å². The number of carbonyl (C=O) groups excluding carboxylic acids is 1. The second-order valence-electron chi connectivity index (χ2n) is 6.76. The number of aromatic nitrogens is 1. The van der Waals surface area contributed by atoms with E-state index in [2.05, 4.69) is 65.7 Å². The normalized spacial score (nSPS) is 18.4. The van der Waals surface area contributed by atoms with Crippen molar-refractivity contribution < 1.29 is 4.79 Å². The van der Waals surface area contributed by atoms with Crippen molar-refractivity contribution in [2.45, 2.75) is 39.7 Å². The van der Waals surface area contributed by atoms with Crippen molar-refractivity contribution in [1.82, 2.24) is 4.57 Å². The van der Waals surface area contributed by atoms with Crippen molar-refractivity contribution in [3.05, 3.63) is 57.8 Å². The lowest BCUT2D eigenvalue weighted by Gasteiger charge is -2.31. The van der Waals surface area contributed by atoms with Crippen molar-refractivity contribution >= 4 is 21.7 Å². The molecule has 2 nitrogen and oxygen atoms in total. The third kappa shape index (κ3) is 2.71. The first-order valence-corrected chi connectivity index (χ1v) is 8.15. The van der Waals surface area contributed by atoms with Gasteiger partial charge in [0.05, 0.1) is 6.04 Å². The molecule has 0 fully saturated rings. The van der Waals surface area contributed by atoms with E-state index in [4.69, 9.17) is 0 Å². The third-order valence-electron chi connectivity index (χ3n) is 4.36. The molecule has 1 unspecified atom stereocenters. The van der Waals surface area contributed by atoms with Gasteiger partial charge in [-0.3, -0.25) is 4.79 Å². The average molecular weight is 346 g/mol. The van der Waals surface area contributed by atoms with Crippen molar-refractivity contribution in [1.29, 1.82) is 0 Å². The van der Waals surface area contributed by atoms with Crippen LogP contribution in [-0.2, 0) is 6.42 Å². The zero-order chi connectivity index (χ0) is 15.2. The first kappa shape index (κ1) is 14.6. The Balaban J connectivity index is 2.03. The number of fused-ring (bicyclic) bond motifs is 1. The van der Waals surface area contributed by atoms with Gasteiger partial charge in [0.1, 0.15) is 0 Å². The van der Waals surface area contributed by atoms with Gasteiger partial charge in [-0.2, -0.15) is 0 Å². The Labute approximate surface area is 134 Å². The number of hydrogen-bond acceptors (Lipinski definition) is 1.